The number of aliphatic hydroxyl groups is 1. The first-order chi connectivity index (χ1) is 15.4. The van der Waals surface area contributed by atoms with E-state index < -0.39 is 0 Å². The van der Waals surface area contributed by atoms with Gasteiger partial charge in [-0.1, -0.05) is 49.4 Å². The van der Waals surface area contributed by atoms with Gasteiger partial charge in [0.2, 0.25) is 5.95 Å². The first-order valence-corrected chi connectivity index (χ1v) is 11.4. The minimum Gasteiger partial charge on any atom is -0.393 e. The summed E-state index contributed by atoms with van der Waals surface area (Å²) in [6.45, 7) is 4.77. The highest BCUT2D eigenvalue weighted by atomic mass is 35.5. The number of benzene rings is 1. The van der Waals surface area contributed by atoms with Crippen molar-refractivity contribution in [2.24, 2.45) is 13.0 Å². The van der Waals surface area contributed by atoms with E-state index in [-0.39, 0.29) is 19.1 Å². The fourth-order valence-corrected chi connectivity index (χ4v) is 4.03. The molecule has 0 amide bonds. The van der Waals surface area contributed by atoms with E-state index in [0.717, 1.165) is 37.6 Å². The van der Waals surface area contributed by atoms with E-state index in [4.69, 9.17) is 11.6 Å². The molecule has 0 saturated heterocycles. The molecule has 1 saturated carbocycles. The van der Waals surface area contributed by atoms with Gasteiger partial charge in [0.25, 0.3) is 5.56 Å². The second kappa shape index (κ2) is 12.5. The fourth-order valence-electron chi connectivity index (χ4n) is 3.79. The van der Waals surface area contributed by atoms with E-state index in [2.05, 4.69) is 15.3 Å². The van der Waals surface area contributed by atoms with Crippen LogP contribution in [0, 0.1) is 5.92 Å². The Bertz CT molecular complexity index is 1130. The number of hydrogen-bond acceptors (Lipinski definition) is 5. The SMILES string of the molecule is C.C/C=C\C.Cn1c(=O)c(-c2ccccc2Cl)cc2cnc(NCC3CCC(O)CC3)nc21. The van der Waals surface area contributed by atoms with Gasteiger partial charge in [0.05, 0.1) is 6.10 Å². The highest BCUT2D eigenvalue weighted by Crippen LogP contribution is 2.27. The van der Waals surface area contributed by atoms with Crippen LogP contribution in [0.15, 0.2) is 53.5 Å². The molecular weight excluding hydrogens is 436 g/mol. The number of aryl methyl sites for hydroxylation is 1. The lowest BCUT2D eigenvalue weighted by Gasteiger charge is -2.25. The first-order valence-electron chi connectivity index (χ1n) is 11.1. The number of nitrogens with one attached hydrogen (secondary N) is 1. The van der Waals surface area contributed by atoms with E-state index in [1.54, 1.807) is 25.4 Å². The van der Waals surface area contributed by atoms with Gasteiger partial charge in [-0.05, 0) is 57.6 Å². The molecular formula is C26H35ClN4O2. The van der Waals surface area contributed by atoms with Crippen LogP contribution in [0.2, 0.25) is 5.02 Å². The van der Waals surface area contributed by atoms with Crippen molar-refractivity contribution in [3.8, 4) is 11.1 Å². The summed E-state index contributed by atoms with van der Waals surface area (Å²) >= 11 is 6.28. The van der Waals surface area contributed by atoms with Gasteiger partial charge in [0.1, 0.15) is 5.65 Å². The standard InChI is InChI=1S/C21H23ClN4O2.C4H8.CH4/c1-26-19-14(10-17(20(26)28)16-4-2-3-5-18(16)22)12-24-21(25-19)23-11-13-6-8-15(27)9-7-13;1-3-4-2;/h2-5,10,12-13,15,27H,6-9,11H2,1H3,(H,23,24,25);3-4H,1-2H3;1H4/b;4-3-;. The number of aromatic nitrogens is 3. The van der Waals surface area contributed by atoms with Crippen LogP contribution in [-0.4, -0.2) is 32.3 Å². The molecule has 6 nitrogen and oxygen atoms in total. The molecule has 3 aromatic rings. The Kier molecular flexibility index (Phi) is 10.1. The third-order valence-corrected chi connectivity index (χ3v) is 6.14. The molecule has 0 radical (unpaired) electrons. The predicted octanol–water partition coefficient (Wildman–Crippen LogP) is 5.83. The largest absolute Gasteiger partial charge is 0.393 e. The molecule has 0 bridgehead atoms. The van der Waals surface area contributed by atoms with Crippen LogP contribution in [0.5, 0.6) is 0 Å². The molecule has 4 rings (SSSR count). The topological polar surface area (TPSA) is 80.0 Å². The van der Waals surface area contributed by atoms with Crippen LogP contribution in [0.1, 0.15) is 47.0 Å². The fraction of sp³-hybridized carbons (Fsp3) is 0.423. The number of fused-ring (bicyclic) bond motifs is 1. The number of halogens is 1. The summed E-state index contributed by atoms with van der Waals surface area (Å²) in [6.07, 6.45) is 9.28. The van der Waals surface area contributed by atoms with Crippen LogP contribution < -0.4 is 10.9 Å². The van der Waals surface area contributed by atoms with Crippen molar-refractivity contribution in [3.05, 3.63) is 64.1 Å². The Balaban J connectivity index is 0.000000714. The predicted molar refractivity (Wildman–Crippen MR) is 139 cm³/mol. The van der Waals surface area contributed by atoms with Crippen molar-refractivity contribution < 1.29 is 5.11 Å². The number of anilines is 1. The number of rotatable bonds is 4. The Morgan fingerprint density at radius 1 is 1.15 bits per heavy atom. The van der Waals surface area contributed by atoms with Gasteiger partial charge in [0.15, 0.2) is 0 Å². The van der Waals surface area contributed by atoms with E-state index in [1.165, 1.54) is 4.57 Å². The number of pyridine rings is 1. The normalized spacial score (nSPS) is 17.8. The summed E-state index contributed by atoms with van der Waals surface area (Å²) < 4.78 is 1.54. The van der Waals surface area contributed by atoms with Crippen molar-refractivity contribution in [3.63, 3.8) is 0 Å². The smallest absolute Gasteiger partial charge is 0.259 e. The quantitative estimate of drug-likeness (QED) is 0.469. The van der Waals surface area contributed by atoms with Crippen molar-refractivity contribution in [2.45, 2.75) is 53.1 Å². The maximum absolute atomic E-state index is 12.9. The molecule has 1 aliphatic carbocycles. The molecule has 0 spiro atoms. The summed E-state index contributed by atoms with van der Waals surface area (Å²) in [5.74, 6) is 1.02. The molecule has 2 aromatic heterocycles. The van der Waals surface area contributed by atoms with E-state index in [9.17, 15) is 9.90 Å². The van der Waals surface area contributed by atoms with E-state index >= 15 is 0 Å². The van der Waals surface area contributed by atoms with Crippen LogP contribution in [0.25, 0.3) is 22.2 Å². The Labute approximate surface area is 201 Å². The van der Waals surface area contributed by atoms with Crippen molar-refractivity contribution in [1.82, 2.24) is 14.5 Å². The molecule has 178 valence electrons. The van der Waals surface area contributed by atoms with Gasteiger partial charge in [-0.15, -0.1) is 0 Å². The lowest BCUT2D eigenvalue weighted by atomic mass is 9.87. The molecule has 1 aliphatic rings. The minimum atomic E-state index is -0.157. The molecule has 1 fully saturated rings. The Morgan fingerprint density at radius 2 is 1.82 bits per heavy atom. The monoisotopic (exact) mass is 470 g/mol. The first kappa shape index (κ1) is 26.6. The van der Waals surface area contributed by atoms with Crippen molar-refractivity contribution in [1.29, 1.82) is 0 Å². The van der Waals surface area contributed by atoms with E-state index in [0.29, 0.717) is 33.7 Å². The van der Waals surface area contributed by atoms with Crippen LogP contribution in [0.4, 0.5) is 5.95 Å². The van der Waals surface area contributed by atoms with Crippen molar-refractivity contribution >= 4 is 28.6 Å². The summed E-state index contributed by atoms with van der Waals surface area (Å²) in [5, 5.41) is 14.2. The van der Waals surface area contributed by atoms with Crippen LogP contribution >= 0.6 is 11.6 Å². The number of aliphatic hydroxyl groups excluding tert-OH is 1. The zero-order chi connectivity index (χ0) is 23.1. The molecule has 1 aromatic carbocycles. The maximum atomic E-state index is 12.9. The lowest BCUT2D eigenvalue weighted by Crippen LogP contribution is -2.24. The second-order valence-electron chi connectivity index (χ2n) is 8.10. The summed E-state index contributed by atoms with van der Waals surface area (Å²) in [4.78, 5) is 21.8. The number of nitrogens with zero attached hydrogens (tertiary/aromatic N) is 3. The average molecular weight is 471 g/mol. The summed E-state index contributed by atoms with van der Waals surface area (Å²) in [7, 11) is 1.71. The van der Waals surface area contributed by atoms with Crippen LogP contribution in [0.3, 0.4) is 0 Å². The third-order valence-electron chi connectivity index (χ3n) is 5.81. The Hall–Kier alpha value is -2.70. The molecule has 33 heavy (non-hydrogen) atoms. The Morgan fingerprint density at radius 3 is 2.45 bits per heavy atom. The maximum Gasteiger partial charge on any atom is 0.259 e. The van der Waals surface area contributed by atoms with Gasteiger partial charge in [-0.25, -0.2) is 4.98 Å². The lowest BCUT2D eigenvalue weighted by molar-refractivity contribution is 0.111. The highest BCUT2D eigenvalue weighted by Gasteiger charge is 2.19. The average Bonchev–Trinajstić information content (AvgIpc) is 2.82. The zero-order valence-corrected chi connectivity index (χ0v) is 19.6. The highest BCUT2D eigenvalue weighted by molar-refractivity contribution is 6.33. The van der Waals surface area contributed by atoms with Crippen LogP contribution in [-0.2, 0) is 7.05 Å². The van der Waals surface area contributed by atoms with Gasteiger partial charge < -0.3 is 10.4 Å². The second-order valence-corrected chi connectivity index (χ2v) is 8.50. The van der Waals surface area contributed by atoms with Gasteiger partial charge >= 0.3 is 0 Å². The van der Waals surface area contributed by atoms with Gasteiger partial charge in [0, 0.05) is 41.3 Å². The summed E-state index contributed by atoms with van der Waals surface area (Å²) in [6, 6.07) is 9.10. The van der Waals surface area contributed by atoms with Gasteiger partial charge in [-0.3, -0.25) is 9.36 Å². The third kappa shape index (κ3) is 6.65. The summed E-state index contributed by atoms with van der Waals surface area (Å²) in [5.41, 5.74) is 1.67. The molecule has 0 aliphatic heterocycles. The molecule has 2 heterocycles. The molecule has 0 unspecified atom stereocenters. The van der Waals surface area contributed by atoms with Gasteiger partial charge in [-0.2, -0.15) is 4.98 Å². The minimum absolute atomic E-state index is 0. The zero-order valence-electron chi connectivity index (χ0n) is 18.9. The molecule has 7 heteroatoms. The number of hydrogen-bond donors (Lipinski definition) is 2. The number of allylic oxidation sites excluding steroid dienone is 2. The van der Waals surface area contributed by atoms with Crippen molar-refractivity contribution in [2.75, 3.05) is 11.9 Å². The molecule has 2 N–H and O–H groups in total. The molecule has 0 atom stereocenters. The van der Waals surface area contributed by atoms with E-state index in [1.807, 2.05) is 44.2 Å².